The lowest BCUT2D eigenvalue weighted by atomic mass is 10.1. The van der Waals surface area contributed by atoms with Crippen LogP contribution in [-0.2, 0) is 19.4 Å². The largest absolute Gasteiger partial charge is 0.312 e. The second-order valence-corrected chi connectivity index (χ2v) is 3.49. The highest BCUT2D eigenvalue weighted by atomic mass is 35.5. The smallest absolute Gasteiger partial charge is 0.137 e. The maximum Gasteiger partial charge on any atom is 0.137 e. The highest BCUT2D eigenvalue weighted by Crippen LogP contribution is 2.19. The molecule has 0 saturated heterocycles. The Hall–Kier alpha value is -0.670. The monoisotopic (exact) mass is 197 g/mol. The summed E-state index contributed by atoms with van der Waals surface area (Å²) in [5.74, 6) is 0.852. The van der Waals surface area contributed by atoms with Gasteiger partial charge in [-0.3, -0.25) is 0 Å². The van der Waals surface area contributed by atoms with Gasteiger partial charge in [-0.05, 0) is 0 Å². The fourth-order valence-electron chi connectivity index (χ4n) is 1.51. The Morgan fingerprint density at radius 2 is 2.31 bits per heavy atom. The third kappa shape index (κ3) is 1.67. The number of nitrogens with zero attached hydrogens (tertiary/aromatic N) is 2. The minimum Gasteiger partial charge on any atom is -0.312 e. The number of halogens is 1. The van der Waals surface area contributed by atoms with E-state index in [4.69, 9.17) is 11.6 Å². The van der Waals surface area contributed by atoms with Crippen LogP contribution in [0.5, 0.6) is 0 Å². The zero-order valence-corrected chi connectivity index (χ0v) is 8.36. The van der Waals surface area contributed by atoms with Crippen LogP contribution in [0.3, 0.4) is 0 Å². The lowest BCUT2D eigenvalue weighted by Gasteiger charge is -2.17. The number of hydrogen-bond donors (Lipinski definition) is 1. The predicted octanol–water partition coefficient (Wildman–Crippen LogP) is 1.34. The van der Waals surface area contributed by atoms with Gasteiger partial charge in [-0.1, -0.05) is 18.5 Å². The zero-order chi connectivity index (χ0) is 9.26. The second-order valence-electron chi connectivity index (χ2n) is 3.14. The average Bonchev–Trinajstić information content (AvgIpc) is 2.18. The van der Waals surface area contributed by atoms with Crippen molar-refractivity contribution in [2.45, 2.75) is 26.3 Å². The molecule has 0 bridgehead atoms. The molecule has 0 radical (unpaired) electrons. The molecule has 0 aliphatic carbocycles. The van der Waals surface area contributed by atoms with Crippen molar-refractivity contribution in [3.63, 3.8) is 0 Å². The van der Waals surface area contributed by atoms with E-state index < -0.39 is 0 Å². The molecule has 0 aromatic carbocycles. The van der Waals surface area contributed by atoms with Gasteiger partial charge < -0.3 is 5.32 Å². The van der Waals surface area contributed by atoms with Crippen LogP contribution in [0, 0.1) is 0 Å². The van der Waals surface area contributed by atoms with Crippen LogP contribution in [0.4, 0.5) is 0 Å². The van der Waals surface area contributed by atoms with Crippen molar-refractivity contribution in [2.75, 3.05) is 6.54 Å². The first-order valence-corrected chi connectivity index (χ1v) is 4.94. The molecule has 1 N–H and O–H groups in total. The van der Waals surface area contributed by atoms with E-state index in [0.717, 1.165) is 43.0 Å². The topological polar surface area (TPSA) is 37.8 Å². The summed E-state index contributed by atoms with van der Waals surface area (Å²) in [6.45, 7) is 3.83. The van der Waals surface area contributed by atoms with Gasteiger partial charge in [-0.25, -0.2) is 9.97 Å². The molecule has 0 spiro atoms. The van der Waals surface area contributed by atoms with E-state index in [1.54, 1.807) is 0 Å². The van der Waals surface area contributed by atoms with Crippen molar-refractivity contribution in [2.24, 2.45) is 0 Å². The van der Waals surface area contributed by atoms with Crippen LogP contribution in [0.1, 0.15) is 24.0 Å². The Bertz CT molecular complexity index is 325. The zero-order valence-electron chi connectivity index (χ0n) is 7.60. The summed E-state index contributed by atoms with van der Waals surface area (Å²) in [7, 11) is 0. The van der Waals surface area contributed by atoms with Crippen LogP contribution in [0.25, 0.3) is 0 Å². The van der Waals surface area contributed by atoms with Crippen LogP contribution in [-0.4, -0.2) is 16.5 Å². The van der Waals surface area contributed by atoms with Gasteiger partial charge in [0, 0.05) is 31.5 Å². The molecule has 3 nitrogen and oxygen atoms in total. The average molecular weight is 198 g/mol. The standard InChI is InChI=1S/C9H12ClN3/c1-2-8-12-7-3-4-11-5-6(7)9(10)13-8/h11H,2-5H2,1H3. The van der Waals surface area contributed by atoms with Crippen molar-refractivity contribution in [1.82, 2.24) is 15.3 Å². The van der Waals surface area contributed by atoms with Gasteiger partial charge in [0.05, 0.1) is 5.69 Å². The molecule has 0 amide bonds. The van der Waals surface area contributed by atoms with Crippen LogP contribution in [0.15, 0.2) is 0 Å². The van der Waals surface area contributed by atoms with Gasteiger partial charge in [-0.2, -0.15) is 0 Å². The first-order valence-electron chi connectivity index (χ1n) is 4.56. The number of hydrogen-bond acceptors (Lipinski definition) is 3. The SMILES string of the molecule is CCc1nc(Cl)c2c(n1)CCNC2. The molecule has 0 atom stereocenters. The lowest BCUT2D eigenvalue weighted by Crippen LogP contribution is -2.25. The molecular weight excluding hydrogens is 186 g/mol. The summed E-state index contributed by atoms with van der Waals surface area (Å²) in [6, 6.07) is 0. The fourth-order valence-corrected chi connectivity index (χ4v) is 1.78. The van der Waals surface area contributed by atoms with Crippen molar-refractivity contribution in [3.05, 3.63) is 22.2 Å². The molecule has 1 aromatic heterocycles. The Labute approximate surface area is 82.5 Å². The van der Waals surface area contributed by atoms with E-state index in [9.17, 15) is 0 Å². The maximum atomic E-state index is 6.03. The quantitative estimate of drug-likeness (QED) is 0.691. The first-order chi connectivity index (χ1) is 6.31. The maximum absolute atomic E-state index is 6.03. The molecule has 0 fully saturated rings. The van der Waals surface area contributed by atoms with Crippen LogP contribution < -0.4 is 5.32 Å². The first kappa shape index (κ1) is 8.91. The van der Waals surface area contributed by atoms with Gasteiger partial charge in [-0.15, -0.1) is 0 Å². The van der Waals surface area contributed by atoms with E-state index >= 15 is 0 Å². The van der Waals surface area contributed by atoms with E-state index in [-0.39, 0.29) is 0 Å². The van der Waals surface area contributed by atoms with E-state index in [1.807, 2.05) is 6.92 Å². The van der Waals surface area contributed by atoms with Gasteiger partial charge >= 0.3 is 0 Å². The summed E-state index contributed by atoms with van der Waals surface area (Å²) < 4.78 is 0. The van der Waals surface area contributed by atoms with E-state index in [1.165, 1.54) is 0 Å². The Balaban J connectivity index is 2.47. The predicted molar refractivity (Wildman–Crippen MR) is 51.8 cm³/mol. The minimum atomic E-state index is 0.619. The van der Waals surface area contributed by atoms with Gasteiger partial charge in [0.25, 0.3) is 0 Å². The van der Waals surface area contributed by atoms with Crippen LogP contribution in [0.2, 0.25) is 5.15 Å². The highest BCUT2D eigenvalue weighted by Gasteiger charge is 2.15. The number of aryl methyl sites for hydroxylation is 1. The van der Waals surface area contributed by atoms with E-state index in [0.29, 0.717) is 5.15 Å². The molecular formula is C9H12ClN3. The molecule has 0 unspecified atom stereocenters. The summed E-state index contributed by atoms with van der Waals surface area (Å²) in [5.41, 5.74) is 2.20. The highest BCUT2D eigenvalue weighted by molar-refractivity contribution is 6.30. The minimum absolute atomic E-state index is 0.619. The Morgan fingerprint density at radius 3 is 3.08 bits per heavy atom. The molecule has 2 heterocycles. The molecule has 4 heteroatoms. The Kier molecular flexibility index (Phi) is 2.47. The number of rotatable bonds is 1. The van der Waals surface area contributed by atoms with Crippen molar-refractivity contribution >= 4 is 11.6 Å². The third-order valence-electron chi connectivity index (χ3n) is 2.25. The lowest BCUT2D eigenvalue weighted by molar-refractivity contribution is 0.620. The van der Waals surface area contributed by atoms with Crippen molar-refractivity contribution in [3.8, 4) is 0 Å². The molecule has 70 valence electrons. The van der Waals surface area contributed by atoms with Gasteiger partial charge in [0.15, 0.2) is 0 Å². The summed E-state index contributed by atoms with van der Waals surface area (Å²) in [6.07, 6.45) is 1.81. The molecule has 2 rings (SSSR count). The fraction of sp³-hybridized carbons (Fsp3) is 0.556. The molecule has 13 heavy (non-hydrogen) atoms. The summed E-state index contributed by atoms with van der Waals surface area (Å²) in [4.78, 5) is 8.68. The number of aromatic nitrogens is 2. The molecule has 1 aromatic rings. The molecule has 0 saturated carbocycles. The summed E-state index contributed by atoms with van der Waals surface area (Å²) >= 11 is 6.03. The van der Waals surface area contributed by atoms with Gasteiger partial charge in [0.2, 0.25) is 0 Å². The van der Waals surface area contributed by atoms with Crippen molar-refractivity contribution in [1.29, 1.82) is 0 Å². The number of fused-ring (bicyclic) bond motifs is 1. The normalized spacial score (nSPS) is 15.5. The second kappa shape index (κ2) is 3.60. The summed E-state index contributed by atoms with van der Waals surface area (Å²) in [5, 5.41) is 3.87. The molecule has 1 aliphatic heterocycles. The Morgan fingerprint density at radius 1 is 1.46 bits per heavy atom. The number of nitrogens with one attached hydrogen (secondary N) is 1. The van der Waals surface area contributed by atoms with Crippen LogP contribution >= 0.6 is 11.6 Å². The molecule has 1 aliphatic rings. The van der Waals surface area contributed by atoms with Crippen molar-refractivity contribution < 1.29 is 0 Å². The van der Waals surface area contributed by atoms with Gasteiger partial charge in [0.1, 0.15) is 11.0 Å². The third-order valence-corrected chi connectivity index (χ3v) is 2.56. The van der Waals surface area contributed by atoms with E-state index in [2.05, 4.69) is 15.3 Å².